The highest BCUT2D eigenvalue weighted by Gasteiger charge is 2.37. The number of piperidine rings is 1. The van der Waals surface area contributed by atoms with Gasteiger partial charge in [0, 0.05) is 31.5 Å². The number of nitrogens with zero attached hydrogens (tertiary/aromatic N) is 5. The second kappa shape index (κ2) is 7.53. The van der Waals surface area contributed by atoms with E-state index in [1.807, 2.05) is 0 Å². The van der Waals surface area contributed by atoms with E-state index >= 15 is 0 Å². The molecule has 0 amide bonds. The van der Waals surface area contributed by atoms with Crippen LogP contribution in [0.2, 0.25) is 0 Å². The zero-order chi connectivity index (χ0) is 20.6. The summed E-state index contributed by atoms with van der Waals surface area (Å²) in [5.41, 5.74) is 7.44. The number of hydrogen-bond donors (Lipinski definition) is 1. The Morgan fingerprint density at radius 3 is 2.79 bits per heavy atom. The van der Waals surface area contributed by atoms with Gasteiger partial charge in [0.1, 0.15) is 5.82 Å². The largest absolute Gasteiger partial charge is 0.368 e. The van der Waals surface area contributed by atoms with Crippen LogP contribution in [0, 0.1) is 5.82 Å². The first-order valence-corrected chi connectivity index (χ1v) is 10.7. The Morgan fingerprint density at radius 2 is 2.07 bits per heavy atom. The molecule has 2 N–H and O–H groups in total. The van der Waals surface area contributed by atoms with E-state index in [-0.39, 0.29) is 11.0 Å². The molecule has 0 radical (unpaired) electrons. The number of rotatable bonds is 4. The van der Waals surface area contributed by atoms with Gasteiger partial charge in [-0.2, -0.15) is 4.31 Å². The Bertz CT molecular complexity index is 1150. The molecule has 8 nitrogen and oxygen atoms in total. The summed E-state index contributed by atoms with van der Waals surface area (Å²) in [6, 6.07) is 5.51. The second-order valence-electron chi connectivity index (χ2n) is 7.04. The van der Waals surface area contributed by atoms with Gasteiger partial charge in [-0.3, -0.25) is 0 Å². The van der Waals surface area contributed by atoms with Crippen LogP contribution in [0.5, 0.6) is 0 Å². The van der Waals surface area contributed by atoms with E-state index < -0.39 is 21.9 Å². The summed E-state index contributed by atoms with van der Waals surface area (Å²) in [4.78, 5) is 12.5. The lowest BCUT2D eigenvalue weighted by Gasteiger charge is -2.34. The van der Waals surface area contributed by atoms with Gasteiger partial charge in [0.05, 0.1) is 18.1 Å². The smallest absolute Gasteiger partial charge is 0.262 e. The third-order valence-corrected chi connectivity index (χ3v) is 6.79. The van der Waals surface area contributed by atoms with Crippen molar-refractivity contribution >= 4 is 16.0 Å². The molecule has 1 saturated heterocycles. The van der Waals surface area contributed by atoms with Gasteiger partial charge in [0.25, 0.3) is 10.0 Å². The zero-order valence-electron chi connectivity index (χ0n) is 15.9. The van der Waals surface area contributed by atoms with E-state index in [0.29, 0.717) is 29.8 Å². The predicted octanol–water partition coefficient (Wildman–Crippen LogP) is 2.51. The third kappa shape index (κ3) is 3.73. The maximum absolute atomic E-state index is 13.8. The Morgan fingerprint density at radius 1 is 1.24 bits per heavy atom. The standard InChI is InChI=1S/C19H21FN6O2S/c1-25-11-17(23-12-25)29(27,28)26-8-3-2-7-16(26)18-15(10-22-19(21)24-18)13-5-4-6-14(20)9-13/h4-6,9-12,16H,2-3,7-8H2,1H3,(H2,21,22,24)/t16-/m1/s1. The van der Waals surface area contributed by atoms with Crippen molar-refractivity contribution in [2.24, 2.45) is 7.05 Å². The van der Waals surface area contributed by atoms with Crippen LogP contribution >= 0.6 is 0 Å². The number of halogens is 1. The summed E-state index contributed by atoms with van der Waals surface area (Å²) >= 11 is 0. The molecule has 3 heterocycles. The number of benzene rings is 1. The molecule has 0 saturated carbocycles. The van der Waals surface area contributed by atoms with Crippen molar-refractivity contribution in [2.45, 2.75) is 30.3 Å². The summed E-state index contributed by atoms with van der Waals surface area (Å²) in [6.45, 7) is 0.343. The van der Waals surface area contributed by atoms with Crippen LogP contribution in [0.4, 0.5) is 10.3 Å². The van der Waals surface area contributed by atoms with Gasteiger partial charge in [-0.25, -0.2) is 27.8 Å². The molecule has 1 aromatic carbocycles. The van der Waals surface area contributed by atoms with Gasteiger partial charge in [-0.1, -0.05) is 18.6 Å². The number of imidazole rings is 1. The van der Waals surface area contributed by atoms with E-state index in [2.05, 4.69) is 15.0 Å². The molecular weight excluding hydrogens is 395 g/mol. The van der Waals surface area contributed by atoms with Gasteiger partial charge >= 0.3 is 0 Å². The average Bonchev–Trinajstić information content (AvgIpc) is 3.15. The quantitative estimate of drug-likeness (QED) is 0.700. The van der Waals surface area contributed by atoms with Crippen molar-refractivity contribution in [3.8, 4) is 11.1 Å². The molecule has 0 bridgehead atoms. The number of aryl methyl sites for hydroxylation is 1. The number of nitrogen functional groups attached to an aromatic ring is 1. The summed E-state index contributed by atoms with van der Waals surface area (Å²) in [6.07, 6.45) is 6.59. The number of hydrogen-bond acceptors (Lipinski definition) is 6. The second-order valence-corrected chi connectivity index (χ2v) is 8.88. The molecule has 4 rings (SSSR count). The first-order valence-electron chi connectivity index (χ1n) is 9.24. The van der Waals surface area contributed by atoms with Crippen LogP contribution in [0.3, 0.4) is 0 Å². The molecule has 152 valence electrons. The van der Waals surface area contributed by atoms with Crippen molar-refractivity contribution in [3.05, 3.63) is 54.5 Å². The van der Waals surface area contributed by atoms with Crippen molar-refractivity contribution in [1.82, 2.24) is 23.8 Å². The molecule has 0 spiro atoms. The highest BCUT2D eigenvalue weighted by molar-refractivity contribution is 7.89. The zero-order valence-corrected chi connectivity index (χ0v) is 16.7. The van der Waals surface area contributed by atoms with Crippen LogP contribution in [0.1, 0.15) is 31.0 Å². The predicted molar refractivity (Wildman–Crippen MR) is 106 cm³/mol. The first-order chi connectivity index (χ1) is 13.9. The van der Waals surface area contributed by atoms with E-state index in [4.69, 9.17) is 5.73 Å². The fourth-order valence-corrected chi connectivity index (χ4v) is 5.28. The van der Waals surface area contributed by atoms with Gasteiger partial charge in [0.2, 0.25) is 5.95 Å². The van der Waals surface area contributed by atoms with Crippen molar-refractivity contribution < 1.29 is 12.8 Å². The number of nitrogens with two attached hydrogens (primary N) is 1. The molecule has 29 heavy (non-hydrogen) atoms. The highest BCUT2D eigenvalue weighted by atomic mass is 32.2. The molecule has 1 aliphatic heterocycles. The van der Waals surface area contributed by atoms with E-state index in [9.17, 15) is 12.8 Å². The Labute approximate surface area is 168 Å². The van der Waals surface area contributed by atoms with E-state index in [0.717, 1.165) is 12.8 Å². The van der Waals surface area contributed by atoms with Gasteiger partial charge in [-0.15, -0.1) is 0 Å². The number of aromatic nitrogens is 4. The molecular formula is C19H21FN6O2S. The normalized spacial score (nSPS) is 18.1. The lowest BCUT2D eigenvalue weighted by atomic mass is 9.95. The molecule has 2 aromatic heterocycles. The molecule has 1 aliphatic rings. The summed E-state index contributed by atoms with van der Waals surface area (Å²) < 4.78 is 43.4. The molecule has 1 atom stereocenters. The third-order valence-electron chi connectivity index (χ3n) is 5.00. The van der Waals surface area contributed by atoms with E-state index in [1.165, 1.54) is 35.2 Å². The minimum absolute atomic E-state index is 0.0127. The van der Waals surface area contributed by atoms with Crippen LogP contribution in [0.15, 0.2) is 48.0 Å². The molecule has 10 heteroatoms. The van der Waals surface area contributed by atoms with Gasteiger partial charge < -0.3 is 10.3 Å². The fourth-order valence-electron chi connectivity index (χ4n) is 3.65. The Balaban J connectivity index is 1.83. The molecule has 0 aliphatic carbocycles. The van der Waals surface area contributed by atoms with Gasteiger partial charge in [0.15, 0.2) is 5.03 Å². The van der Waals surface area contributed by atoms with Crippen LogP contribution in [-0.2, 0) is 17.1 Å². The van der Waals surface area contributed by atoms with Gasteiger partial charge in [-0.05, 0) is 30.5 Å². The minimum atomic E-state index is -3.83. The van der Waals surface area contributed by atoms with Crippen molar-refractivity contribution in [3.63, 3.8) is 0 Å². The van der Waals surface area contributed by atoms with Crippen molar-refractivity contribution in [1.29, 1.82) is 0 Å². The summed E-state index contributed by atoms with van der Waals surface area (Å²) in [7, 11) is -2.12. The molecule has 3 aromatic rings. The Kier molecular flexibility index (Phi) is 5.05. The topological polar surface area (TPSA) is 107 Å². The highest BCUT2D eigenvalue weighted by Crippen LogP contribution is 2.38. The maximum Gasteiger partial charge on any atom is 0.262 e. The fraction of sp³-hybridized carbons (Fsp3) is 0.316. The SMILES string of the molecule is Cn1cnc(S(=O)(=O)N2CCCC[C@@H]2c2nc(N)ncc2-c2cccc(F)c2)c1. The minimum Gasteiger partial charge on any atom is -0.368 e. The maximum atomic E-state index is 13.8. The van der Waals surface area contributed by atoms with E-state index in [1.54, 1.807) is 23.7 Å². The molecule has 0 unspecified atom stereocenters. The van der Waals surface area contributed by atoms with Crippen LogP contribution < -0.4 is 5.73 Å². The average molecular weight is 416 g/mol. The van der Waals surface area contributed by atoms with Crippen molar-refractivity contribution in [2.75, 3.05) is 12.3 Å². The summed E-state index contributed by atoms with van der Waals surface area (Å²) in [5, 5.41) is -0.0127. The molecule has 1 fully saturated rings. The first kappa shape index (κ1) is 19.5. The number of anilines is 1. The Hall–Kier alpha value is -2.85. The summed E-state index contributed by atoms with van der Waals surface area (Å²) in [5.74, 6) is -0.354. The number of sulfonamides is 1. The lowest BCUT2D eigenvalue weighted by molar-refractivity contribution is 0.251. The van der Waals surface area contributed by atoms with Crippen LogP contribution in [-0.4, -0.2) is 38.8 Å². The monoisotopic (exact) mass is 416 g/mol. The lowest BCUT2D eigenvalue weighted by Crippen LogP contribution is -2.39. The van der Waals surface area contributed by atoms with Crippen LogP contribution in [0.25, 0.3) is 11.1 Å².